The molecule has 1 N–H and O–H groups in total. The lowest BCUT2D eigenvalue weighted by Crippen LogP contribution is -2.28. The zero-order valence-electron chi connectivity index (χ0n) is 26.3. The summed E-state index contributed by atoms with van der Waals surface area (Å²) in [5.41, 5.74) is 1.44. The number of esters is 1. The average molecular weight is 617 g/mol. The summed E-state index contributed by atoms with van der Waals surface area (Å²) in [6, 6.07) is 10.6. The molecule has 0 aromatic heterocycles. The number of carbonyl (C=O) groups excluding carboxylic acids is 2. The van der Waals surface area contributed by atoms with Crippen LogP contribution in [0.4, 0.5) is 26.7 Å². The highest BCUT2D eigenvalue weighted by Crippen LogP contribution is 2.30. The van der Waals surface area contributed by atoms with Gasteiger partial charge >= 0.3 is 12.1 Å². The molecule has 3 atom stereocenters. The van der Waals surface area contributed by atoms with Gasteiger partial charge in [0.15, 0.2) is 23.3 Å². The fourth-order valence-electron chi connectivity index (χ4n) is 3.11. The van der Waals surface area contributed by atoms with Gasteiger partial charge in [-0.3, -0.25) is 9.63 Å². The first-order chi connectivity index (χ1) is 20.3. The molecule has 2 aromatic rings. The Kier molecular flexibility index (Phi) is 19.5. The highest BCUT2D eigenvalue weighted by atomic mass is 19.2. The number of nitrogens with one attached hydrogen (secondary N) is 1. The number of hydrogen-bond acceptors (Lipinski definition) is 5. The van der Waals surface area contributed by atoms with Gasteiger partial charge in [0.1, 0.15) is 6.61 Å². The number of ether oxygens (including phenoxy) is 1. The lowest BCUT2D eigenvalue weighted by atomic mass is 9.97. The Hall–Kier alpha value is -3.50. The Morgan fingerprint density at radius 3 is 1.77 bits per heavy atom. The molecular formula is C32H45F5N2O4. The van der Waals surface area contributed by atoms with Crippen LogP contribution in [0.5, 0.6) is 0 Å². The number of amides is 1. The third-order valence-electron chi connectivity index (χ3n) is 6.76. The predicted molar refractivity (Wildman–Crippen MR) is 158 cm³/mol. The quantitative estimate of drug-likeness (QED) is 0.0399. The van der Waals surface area contributed by atoms with E-state index in [0.717, 1.165) is 18.6 Å². The van der Waals surface area contributed by atoms with Crippen LogP contribution in [0.2, 0.25) is 0 Å². The minimum atomic E-state index is -2.11. The smallest absolute Gasteiger partial charge is 0.433 e. The molecule has 0 heterocycles. The summed E-state index contributed by atoms with van der Waals surface area (Å²) in [4.78, 5) is 27.0. The fraction of sp³-hybridized carbons (Fsp3) is 0.531. The van der Waals surface area contributed by atoms with Crippen molar-refractivity contribution in [3.8, 4) is 0 Å². The summed E-state index contributed by atoms with van der Waals surface area (Å²) in [6.45, 7) is 15.2. The fourth-order valence-corrected chi connectivity index (χ4v) is 3.11. The van der Waals surface area contributed by atoms with Crippen molar-refractivity contribution in [2.75, 3.05) is 13.2 Å². The topological polar surface area (TPSA) is 77.0 Å². The molecule has 11 heteroatoms. The number of oxime groups is 1. The lowest BCUT2D eigenvalue weighted by Gasteiger charge is -2.12. The third kappa shape index (κ3) is 14.0. The summed E-state index contributed by atoms with van der Waals surface area (Å²) in [5, 5.41) is 6.02. The Morgan fingerprint density at radius 1 is 0.791 bits per heavy atom. The SMILES string of the molecule is CC/C(C)=N\OC(=O)NCCOC(=O)C(C)CC.CCC(C)c1c(F)c(F)c(F)c(F)c1F.CCC(C)c1ccccc1. The van der Waals surface area contributed by atoms with Crippen LogP contribution in [0.3, 0.4) is 0 Å². The van der Waals surface area contributed by atoms with Crippen molar-refractivity contribution in [3.05, 3.63) is 70.5 Å². The Morgan fingerprint density at radius 2 is 1.30 bits per heavy atom. The van der Waals surface area contributed by atoms with Gasteiger partial charge in [-0.15, -0.1) is 0 Å². The maximum absolute atomic E-state index is 13.1. The summed E-state index contributed by atoms with van der Waals surface area (Å²) >= 11 is 0. The van der Waals surface area contributed by atoms with Crippen molar-refractivity contribution in [3.63, 3.8) is 0 Å². The molecule has 0 aliphatic carbocycles. The number of halogens is 5. The lowest BCUT2D eigenvalue weighted by molar-refractivity contribution is -0.147. The average Bonchev–Trinajstić information content (AvgIpc) is 3.03. The van der Waals surface area contributed by atoms with E-state index in [9.17, 15) is 31.5 Å². The summed E-state index contributed by atoms with van der Waals surface area (Å²) in [5.74, 6) is -9.73. The molecule has 0 saturated heterocycles. The van der Waals surface area contributed by atoms with Crippen LogP contribution in [-0.4, -0.2) is 30.9 Å². The monoisotopic (exact) mass is 616 g/mol. The minimum absolute atomic E-state index is 0.117. The molecule has 0 aliphatic heterocycles. The first-order valence-corrected chi connectivity index (χ1v) is 14.5. The van der Waals surface area contributed by atoms with E-state index in [1.807, 2.05) is 13.8 Å². The molecular weight excluding hydrogens is 571 g/mol. The van der Waals surface area contributed by atoms with Crippen molar-refractivity contribution < 1.29 is 41.1 Å². The van der Waals surface area contributed by atoms with Crippen LogP contribution in [0, 0.1) is 35.0 Å². The number of hydrogen-bond donors (Lipinski definition) is 1. The number of carbonyl (C=O) groups is 2. The predicted octanol–water partition coefficient (Wildman–Crippen LogP) is 9.18. The van der Waals surface area contributed by atoms with E-state index in [-0.39, 0.29) is 25.0 Å². The van der Waals surface area contributed by atoms with Gasteiger partial charge in [-0.25, -0.2) is 26.7 Å². The molecule has 2 aromatic carbocycles. The van der Waals surface area contributed by atoms with E-state index in [1.165, 1.54) is 18.9 Å². The van der Waals surface area contributed by atoms with E-state index in [1.54, 1.807) is 20.8 Å². The van der Waals surface area contributed by atoms with Gasteiger partial charge in [0, 0.05) is 5.56 Å². The minimum Gasteiger partial charge on any atom is -0.464 e. The highest BCUT2D eigenvalue weighted by Gasteiger charge is 2.27. The van der Waals surface area contributed by atoms with Crippen LogP contribution in [-0.2, 0) is 14.4 Å². The molecule has 0 fully saturated rings. The zero-order valence-corrected chi connectivity index (χ0v) is 26.3. The zero-order chi connectivity index (χ0) is 33.1. The van der Waals surface area contributed by atoms with Crippen molar-refractivity contribution in [1.82, 2.24) is 5.32 Å². The highest BCUT2D eigenvalue weighted by molar-refractivity contribution is 5.81. The Bertz CT molecular complexity index is 1130. The van der Waals surface area contributed by atoms with Gasteiger partial charge < -0.3 is 10.1 Å². The first-order valence-electron chi connectivity index (χ1n) is 14.5. The number of nitrogens with zero attached hydrogens (tertiary/aromatic N) is 1. The second-order valence-electron chi connectivity index (χ2n) is 9.98. The molecule has 2 rings (SSSR count). The summed E-state index contributed by atoms with van der Waals surface area (Å²) < 4.78 is 69.3. The van der Waals surface area contributed by atoms with Crippen LogP contribution in [0.1, 0.15) is 104 Å². The van der Waals surface area contributed by atoms with Gasteiger partial charge in [-0.05, 0) is 50.0 Å². The van der Waals surface area contributed by atoms with Crippen LogP contribution < -0.4 is 5.32 Å². The van der Waals surface area contributed by atoms with E-state index in [2.05, 4.69) is 59.5 Å². The Balaban J connectivity index is 0.000000638. The van der Waals surface area contributed by atoms with Crippen LogP contribution in [0.15, 0.2) is 35.5 Å². The van der Waals surface area contributed by atoms with Crippen molar-refractivity contribution in [1.29, 1.82) is 0 Å². The molecule has 0 radical (unpaired) electrons. The van der Waals surface area contributed by atoms with Crippen molar-refractivity contribution in [2.45, 2.75) is 92.9 Å². The Labute approximate surface area is 252 Å². The van der Waals surface area contributed by atoms with Gasteiger partial charge in [0.05, 0.1) is 18.2 Å². The second-order valence-corrected chi connectivity index (χ2v) is 9.98. The van der Waals surface area contributed by atoms with Gasteiger partial charge in [0.2, 0.25) is 5.82 Å². The maximum Gasteiger partial charge on any atom is 0.433 e. The molecule has 3 unspecified atom stereocenters. The first kappa shape index (κ1) is 39.5. The molecule has 0 spiro atoms. The third-order valence-corrected chi connectivity index (χ3v) is 6.76. The largest absolute Gasteiger partial charge is 0.464 e. The van der Waals surface area contributed by atoms with E-state index in [4.69, 9.17) is 4.74 Å². The van der Waals surface area contributed by atoms with Crippen LogP contribution >= 0.6 is 0 Å². The van der Waals surface area contributed by atoms with E-state index < -0.39 is 46.7 Å². The maximum atomic E-state index is 13.1. The molecule has 0 aliphatic rings. The molecule has 0 saturated carbocycles. The standard InChI is InChI=1S/C12H22N2O4.C10H9F5.C10H14/c1-5-9(3)11(15)17-8-7-13-12(16)18-14-10(4)6-2;1-3-4(2)5-6(11)8(13)10(15)9(14)7(5)12;1-3-9(2)10-7-5-4-6-8-10/h9H,5-8H2,1-4H3,(H,13,16);4H,3H2,1-2H3;4-9H,3H2,1-2H3/b14-10-;;. The molecule has 0 bridgehead atoms. The number of benzene rings is 2. The molecule has 1 amide bonds. The van der Waals surface area contributed by atoms with Gasteiger partial charge in [0.25, 0.3) is 0 Å². The summed E-state index contributed by atoms with van der Waals surface area (Å²) in [6.07, 6.45) is 2.32. The normalized spacial score (nSPS) is 12.9. The molecule has 6 nitrogen and oxygen atoms in total. The van der Waals surface area contributed by atoms with E-state index in [0.29, 0.717) is 12.3 Å². The van der Waals surface area contributed by atoms with Crippen LogP contribution in [0.25, 0.3) is 0 Å². The van der Waals surface area contributed by atoms with E-state index >= 15 is 0 Å². The molecule has 242 valence electrons. The molecule has 43 heavy (non-hydrogen) atoms. The van der Waals surface area contributed by atoms with Crippen molar-refractivity contribution in [2.24, 2.45) is 11.1 Å². The van der Waals surface area contributed by atoms with Gasteiger partial charge in [-0.2, -0.15) is 0 Å². The van der Waals surface area contributed by atoms with Crippen molar-refractivity contribution >= 4 is 17.8 Å². The van der Waals surface area contributed by atoms with Gasteiger partial charge in [-0.1, -0.05) is 84.0 Å². The summed E-state index contributed by atoms with van der Waals surface area (Å²) in [7, 11) is 0. The second kappa shape index (κ2) is 21.2. The number of rotatable bonds is 11.